The first-order valence-electron chi connectivity index (χ1n) is 12.5. The number of fused-ring (bicyclic) bond motifs is 1. The molecule has 0 spiro atoms. The number of piperazine rings is 1. The molecule has 2 atom stereocenters. The summed E-state index contributed by atoms with van der Waals surface area (Å²) in [4.78, 5) is 14.1. The molecule has 2 aliphatic heterocycles. The van der Waals surface area contributed by atoms with Crippen LogP contribution in [0.2, 0.25) is 0 Å². The second kappa shape index (κ2) is 9.99. The van der Waals surface area contributed by atoms with Crippen LogP contribution in [0.15, 0.2) is 30.6 Å². The van der Waals surface area contributed by atoms with Gasteiger partial charge in [0.1, 0.15) is 0 Å². The van der Waals surface area contributed by atoms with Gasteiger partial charge in [0.05, 0.1) is 42.0 Å². The SMILES string of the molecule is Cc1c(Cc2c(CN3C[C@@H](C)N[C@@H](C)C3)nc3ncc(N4CCOCC4)cn23)cccc1C(F)(F)F. The minimum atomic E-state index is -4.39. The fourth-order valence-electron chi connectivity index (χ4n) is 5.46. The number of nitrogens with zero attached hydrogens (tertiary/aromatic N) is 5. The molecule has 7 nitrogen and oxygen atoms in total. The van der Waals surface area contributed by atoms with Gasteiger partial charge in [-0.25, -0.2) is 9.97 Å². The number of benzene rings is 1. The molecule has 2 aromatic heterocycles. The molecule has 0 aliphatic carbocycles. The Morgan fingerprint density at radius 2 is 1.83 bits per heavy atom. The third-order valence-corrected chi connectivity index (χ3v) is 7.14. The topological polar surface area (TPSA) is 57.9 Å². The van der Waals surface area contributed by atoms with Gasteiger partial charge >= 0.3 is 6.18 Å². The number of imidazole rings is 1. The van der Waals surface area contributed by atoms with E-state index in [1.54, 1.807) is 13.0 Å². The Balaban J connectivity index is 1.56. The fourth-order valence-corrected chi connectivity index (χ4v) is 5.46. The van der Waals surface area contributed by atoms with Gasteiger partial charge in [0.2, 0.25) is 5.78 Å². The summed E-state index contributed by atoms with van der Waals surface area (Å²) in [6.45, 7) is 11.1. The highest BCUT2D eigenvalue weighted by Crippen LogP contribution is 2.34. The predicted molar refractivity (Wildman–Crippen MR) is 132 cm³/mol. The molecule has 10 heteroatoms. The van der Waals surface area contributed by atoms with Crippen LogP contribution in [-0.2, 0) is 23.9 Å². The highest BCUT2D eigenvalue weighted by Gasteiger charge is 2.33. The lowest BCUT2D eigenvalue weighted by Crippen LogP contribution is -2.53. The van der Waals surface area contributed by atoms with Crippen LogP contribution in [0, 0.1) is 6.92 Å². The van der Waals surface area contributed by atoms with E-state index in [1.165, 1.54) is 6.07 Å². The predicted octanol–water partition coefficient (Wildman–Crippen LogP) is 3.67. The quantitative estimate of drug-likeness (QED) is 0.575. The Kier molecular flexibility index (Phi) is 6.93. The van der Waals surface area contributed by atoms with E-state index in [9.17, 15) is 13.2 Å². The number of halogens is 3. The molecule has 2 saturated heterocycles. The molecule has 0 radical (unpaired) electrons. The standard InChI is InChI=1S/C26H33F3N6O/c1-17-13-33(14-18(2)31-17)16-23-24(11-20-5-4-6-22(19(20)3)26(27,28)29)35-15-21(12-30-25(35)32-23)34-7-9-36-10-8-34/h4-6,12,15,17-18,31H,7-11,13-14,16H2,1-3H3/t17-,18+. The van der Waals surface area contributed by atoms with Gasteiger partial charge in [-0.15, -0.1) is 0 Å². The normalized spacial score (nSPS) is 21.9. The van der Waals surface area contributed by atoms with Crippen LogP contribution < -0.4 is 10.2 Å². The summed E-state index contributed by atoms with van der Waals surface area (Å²) in [6.07, 6.45) is -0.199. The number of hydrogen-bond acceptors (Lipinski definition) is 6. The van der Waals surface area contributed by atoms with E-state index in [1.807, 2.05) is 16.8 Å². The van der Waals surface area contributed by atoms with E-state index in [0.29, 0.717) is 49.6 Å². The van der Waals surface area contributed by atoms with Gasteiger partial charge in [-0.3, -0.25) is 9.30 Å². The maximum atomic E-state index is 13.6. The summed E-state index contributed by atoms with van der Waals surface area (Å²) in [5, 5.41) is 3.55. The van der Waals surface area contributed by atoms with E-state index >= 15 is 0 Å². The Bertz CT molecular complexity index is 1210. The van der Waals surface area contributed by atoms with Crippen molar-refractivity contribution in [1.82, 2.24) is 24.6 Å². The molecule has 1 N–H and O–H groups in total. The molecule has 0 saturated carbocycles. The zero-order chi connectivity index (χ0) is 25.4. The van der Waals surface area contributed by atoms with Crippen molar-refractivity contribution in [2.24, 2.45) is 0 Å². The summed E-state index contributed by atoms with van der Waals surface area (Å²) < 4.78 is 48.3. The smallest absolute Gasteiger partial charge is 0.378 e. The number of ether oxygens (including phenoxy) is 1. The van der Waals surface area contributed by atoms with Crippen LogP contribution >= 0.6 is 0 Å². The monoisotopic (exact) mass is 502 g/mol. The largest absolute Gasteiger partial charge is 0.416 e. The molecule has 2 aliphatic rings. The molecule has 5 rings (SSSR count). The molecule has 2 fully saturated rings. The van der Waals surface area contributed by atoms with Crippen molar-refractivity contribution in [2.75, 3.05) is 44.3 Å². The van der Waals surface area contributed by atoms with Gasteiger partial charge in [0.15, 0.2) is 0 Å². The lowest BCUT2D eigenvalue weighted by atomic mass is 9.97. The van der Waals surface area contributed by atoms with Crippen molar-refractivity contribution < 1.29 is 17.9 Å². The summed E-state index contributed by atoms with van der Waals surface area (Å²) >= 11 is 0. The first-order valence-corrected chi connectivity index (χ1v) is 12.5. The molecule has 3 aromatic rings. The van der Waals surface area contributed by atoms with Crippen molar-refractivity contribution in [3.8, 4) is 0 Å². The summed E-state index contributed by atoms with van der Waals surface area (Å²) in [5.41, 5.74) is 3.02. The van der Waals surface area contributed by atoms with Gasteiger partial charge < -0.3 is 15.0 Å². The zero-order valence-corrected chi connectivity index (χ0v) is 21.0. The number of aromatic nitrogens is 3. The molecule has 194 valence electrons. The van der Waals surface area contributed by atoms with E-state index in [0.717, 1.165) is 49.3 Å². The Labute approximate surface area is 209 Å². The highest BCUT2D eigenvalue weighted by atomic mass is 19.4. The number of rotatable bonds is 5. The van der Waals surface area contributed by atoms with Crippen molar-refractivity contribution >= 4 is 11.5 Å². The molecule has 1 aromatic carbocycles. The van der Waals surface area contributed by atoms with Gasteiger partial charge in [-0.2, -0.15) is 13.2 Å². The van der Waals surface area contributed by atoms with Gasteiger partial charge in [0, 0.05) is 57.4 Å². The van der Waals surface area contributed by atoms with Crippen LogP contribution in [-0.4, -0.2) is 70.7 Å². The summed E-state index contributed by atoms with van der Waals surface area (Å²) in [5.74, 6) is 0.567. The van der Waals surface area contributed by atoms with Crippen molar-refractivity contribution in [1.29, 1.82) is 0 Å². The lowest BCUT2D eigenvalue weighted by Gasteiger charge is -2.35. The van der Waals surface area contributed by atoms with E-state index in [4.69, 9.17) is 9.72 Å². The fraction of sp³-hybridized carbons (Fsp3) is 0.538. The lowest BCUT2D eigenvalue weighted by molar-refractivity contribution is -0.138. The number of morpholine rings is 1. The minimum Gasteiger partial charge on any atom is -0.378 e. The van der Waals surface area contributed by atoms with Crippen LogP contribution in [0.5, 0.6) is 0 Å². The number of hydrogen-bond donors (Lipinski definition) is 1. The third kappa shape index (κ3) is 5.21. The first kappa shape index (κ1) is 25.0. The first-order chi connectivity index (χ1) is 17.2. The highest BCUT2D eigenvalue weighted by molar-refractivity contribution is 5.50. The molecular weight excluding hydrogens is 469 g/mol. The second-order valence-corrected chi connectivity index (χ2v) is 10.0. The van der Waals surface area contributed by atoms with E-state index in [2.05, 4.69) is 33.9 Å². The molecule has 0 bridgehead atoms. The number of anilines is 1. The van der Waals surface area contributed by atoms with E-state index in [-0.39, 0.29) is 5.56 Å². The summed E-state index contributed by atoms with van der Waals surface area (Å²) in [7, 11) is 0. The van der Waals surface area contributed by atoms with Crippen LogP contribution in [0.4, 0.5) is 18.9 Å². The van der Waals surface area contributed by atoms with Crippen LogP contribution in [0.3, 0.4) is 0 Å². The van der Waals surface area contributed by atoms with Gasteiger partial charge in [-0.1, -0.05) is 12.1 Å². The van der Waals surface area contributed by atoms with Crippen molar-refractivity contribution in [3.05, 3.63) is 58.7 Å². The maximum absolute atomic E-state index is 13.6. The number of alkyl halides is 3. The second-order valence-electron chi connectivity index (χ2n) is 10.0. The van der Waals surface area contributed by atoms with Crippen LogP contribution in [0.1, 0.15) is 41.9 Å². The summed E-state index contributed by atoms with van der Waals surface area (Å²) in [6, 6.07) is 5.13. The van der Waals surface area contributed by atoms with Gasteiger partial charge in [-0.05, 0) is 38.0 Å². The van der Waals surface area contributed by atoms with E-state index < -0.39 is 11.7 Å². The number of nitrogens with one attached hydrogen (secondary N) is 1. The molecule has 4 heterocycles. The van der Waals surface area contributed by atoms with Gasteiger partial charge in [0.25, 0.3) is 0 Å². The minimum absolute atomic E-state index is 0.257. The molecule has 0 amide bonds. The Morgan fingerprint density at radius 3 is 2.53 bits per heavy atom. The third-order valence-electron chi connectivity index (χ3n) is 7.14. The molecule has 36 heavy (non-hydrogen) atoms. The molecular formula is C26H33F3N6O. The molecule has 0 unspecified atom stereocenters. The van der Waals surface area contributed by atoms with Crippen molar-refractivity contribution in [2.45, 2.75) is 52.0 Å². The maximum Gasteiger partial charge on any atom is 0.416 e. The zero-order valence-electron chi connectivity index (χ0n) is 21.0. The average molecular weight is 503 g/mol. The Morgan fingerprint density at radius 1 is 1.11 bits per heavy atom. The van der Waals surface area contributed by atoms with Crippen molar-refractivity contribution in [3.63, 3.8) is 0 Å². The Hall–Kier alpha value is -2.69. The average Bonchev–Trinajstić information content (AvgIpc) is 3.15. The van der Waals surface area contributed by atoms with Crippen LogP contribution in [0.25, 0.3) is 5.78 Å².